The van der Waals surface area contributed by atoms with Gasteiger partial charge in [-0.15, -0.1) is 0 Å². The first-order chi connectivity index (χ1) is 33.6. The number of rotatable bonds is 10. The number of hydrogen-bond acceptors (Lipinski definition) is 20. The van der Waals surface area contributed by atoms with Crippen LogP contribution in [-0.2, 0) is 81.2 Å². The van der Waals surface area contributed by atoms with E-state index in [1.165, 1.54) is 28.1 Å². The van der Waals surface area contributed by atoms with E-state index in [0.29, 0.717) is 0 Å². The first-order valence-electron chi connectivity index (χ1n) is 22.2. The van der Waals surface area contributed by atoms with Crippen LogP contribution in [0.5, 0.6) is 0 Å². The molecule has 74 heavy (non-hydrogen) atoms. The molecule has 6 saturated carbocycles. The quantitative estimate of drug-likeness (QED) is 0.0459. The lowest BCUT2D eigenvalue weighted by molar-refractivity contribution is -0.160. The van der Waals surface area contributed by atoms with Crippen LogP contribution in [-0.4, -0.2) is 177 Å². The molecule has 6 aliphatic carbocycles. The highest BCUT2D eigenvalue weighted by Gasteiger charge is 2.58. The van der Waals surface area contributed by atoms with Gasteiger partial charge in [-0.25, -0.2) is 27.6 Å². The predicted molar refractivity (Wildman–Crippen MR) is 238 cm³/mol. The van der Waals surface area contributed by atoms with E-state index in [0.717, 1.165) is 26.9 Å². The van der Waals surface area contributed by atoms with Gasteiger partial charge >= 0.3 is 45.5 Å². The lowest BCUT2D eigenvalue weighted by atomic mass is 9.69. The summed E-state index contributed by atoms with van der Waals surface area (Å²) in [4.78, 5) is 86.7. The molecule has 0 aromatic heterocycles. The third kappa shape index (κ3) is 16.0. The standard InChI is InChI=1S/C9H12F3NO6S.C8H12FNO3.C8H13NO4.C6H10O3S.2C5H8FNO2/c1-5(14)13-8(7(15)18-2)3-6(4-8)19-20(16,17)9(10,11)12;1-5(11)10-8(7(12)13-2)3-6(9)4-8;1-5(10)9-8(7(12)13-2)3-6(11)4-8;1-6-3-2-5(6)9-10(7,8)4-6;6-3-1-5(7,2-3)4(8)9;6-3-1-2-5(3,7)4(8)9/h6H,3-4H2,1-2H3,(H,13,14);6H,3-4H2,1-2H3,(H,10,11);6,11H,3-4H2,1-2H3,(H,9,10);5H,2-4H2,1H3;2*3H,1-2,7H2,(H,8,9)/t;;;5?,6-;;3?,5-/m...1.0/s1/i;9-1;;;2*6-1. The van der Waals surface area contributed by atoms with Crippen molar-refractivity contribution in [3.63, 3.8) is 0 Å². The Morgan fingerprint density at radius 1 is 0.662 bits per heavy atom. The Morgan fingerprint density at radius 3 is 1.24 bits per heavy atom. The van der Waals surface area contributed by atoms with E-state index in [1.807, 2.05) is 6.92 Å². The molecule has 33 heteroatoms. The van der Waals surface area contributed by atoms with Crippen molar-refractivity contribution in [3.8, 4) is 0 Å². The maximum atomic E-state index is 12.6. The van der Waals surface area contributed by atoms with Crippen LogP contribution < -0.4 is 27.4 Å². The minimum absolute atomic E-state index is 0.00231. The van der Waals surface area contributed by atoms with Crippen LogP contribution in [0, 0.1) is 5.41 Å². The fraction of sp³-hybridized carbons (Fsp3) is 0.805. The SMILES string of the molecule is COC(=O)C1(NC(C)=O)CC(O)C1.COC(=O)C1(NC(C)=O)CC(OS(=O)(=O)C(F)(F)F)C1.COC(=O)C1(NC(C)=O)CC([18F])C1.C[C@]12CCC1OS(=O)(=O)C2.NC1(C(=O)O)CC([18F])C1.N[C@@]1(C(=O)O)CCC1[18F]. The van der Waals surface area contributed by atoms with Crippen molar-refractivity contribution in [1.82, 2.24) is 16.0 Å². The number of carboxylic acid groups (broad SMARTS) is 2. The summed E-state index contributed by atoms with van der Waals surface area (Å²) in [7, 11) is -5.36. The number of aliphatic hydroxyl groups is 1. The minimum Gasteiger partial charge on any atom is -0.480 e. The van der Waals surface area contributed by atoms with Crippen molar-refractivity contribution in [2.45, 2.75) is 175 Å². The Bertz CT molecular complexity index is 2270. The number of carbonyl (C=O) groups is 8. The van der Waals surface area contributed by atoms with Gasteiger partial charge in [-0.3, -0.25) is 32.3 Å². The average molecular weight is 1120 g/mol. The first-order valence-corrected chi connectivity index (χ1v) is 25.2. The number of aliphatic hydroxyl groups excluding tert-OH is 1. The summed E-state index contributed by atoms with van der Waals surface area (Å²) < 4.78 is 139. The van der Waals surface area contributed by atoms with Crippen molar-refractivity contribution < 1.29 is 119 Å². The van der Waals surface area contributed by atoms with Gasteiger partial charge in [0.2, 0.25) is 17.7 Å². The Hall–Kier alpha value is -4.96. The predicted octanol–water partition coefficient (Wildman–Crippen LogP) is -0.266. The summed E-state index contributed by atoms with van der Waals surface area (Å²) in [5.41, 5.74) is -1.75. The van der Waals surface area contributed by atoms with E-state index in [2.05, 4.69) is 34.3 Å². The highest BCUT2D eigenvalue weighted by Crippen LogP contribution is 2.49. The molecular formula is C41H63F6N5O20S2. The summed E-state index contributed by atoms with van der Waals surface area (Å²) >= 11 is 0. The van der Waals surface area contributed by atoms with Crippen LogP contribution in [0.25, 0.3) is 0 Å². The number of hydrogen-bond donors (Lipinski definition) is 8. The number of aliphatic carboxylic acids is 2. The van der Waals surface area contributed by atoms with Gasteiger partial charge in [0.15, 0.2) is 0 Å². The molecule has 1 saturated heterocycles. The van der Waals surface area contributed by atoms with Crippen molar-refractivity contribution in [1.29, 1.82) is 0 Å². The van der Waals surface area contributed by atoms with E-state index < -0.39 is 133 Å². The van der Waals surface area contributed by atoms with Crippen LogP contribution in [0.3, 0.4) is 0 Å². The number of nitrogens with two attached hydrogens (primary N) is 2. The molecule has 0 aromatic rings. The number of carboxylic acids is 2. The number of esters is 3. The lowest BCUT2D eigenvalue weighted by Crippen LogP contribution is -2.65. The third-order valence-electron chi connectivity index (χ3n) is 12.9. The molecule has 1 heterocycles. The van der Waals surface area contributed by atoms with E-state index >= 15 is 0 Å². The molecule has 10 N–H and O–H groups in total. The number of amides is 3. The number of halogens is 6. The summed E-state index contributed by atoms with van der Waals surface area (Å²) in [6.45, 7) is 5.70. The van der Waals surface area contributed by atoms with Gasteiger partial charge in [0.25, 0.3) is 10.1 Å². The zero-order valence-corrected chi connectivity index (χ0v) is 42.8. The van der Waals surface area contributed by atoms with Crippen molar-refractivity contribution in [2.75, 3.05) is 27.1 Å². The summed E-state index contributed by atoms with van der Waals surface area (Å²) in [5.74, 6) is -5.30. The molecule has 2 unspecified atom stereocenters. The molecule has 426 valence electrons. The van der Waals surface area contributed by atoms with Gasteiger partial charge in [-0.2, -0.15) is 30.0 Å². The van der Waals surface area contributed by atoms with E-state index in [1.54, 1.807) is 0 Å². The summed E-state index contributed by atoms with van der Waals surface area (Å²) in [6, 6.07) is 0. The Labute approximate surface area is 421 Å². The second-order valence-electron chi connectivity index (χ2n) is 19.2. The maximum absolute atomic E-state index is 12.6. The zero-order valence-electron chi connectivity index (χ0n) is 41.2. The fourth-order valence-electron chi connectivity index (χ4n) is 8.43. The zero-order chi connectivity index (χ0) is 57.4. The maximum Gasteiger partial charge on any atom is 0.523 e. The largest absolute Gasteiger partial charge is 0.523 e. The third-order valence-corrected chi connectivity index (χ3v) is 15.5. The number of ether oxygens (including phenoxy) is 3. The topological polar surface area (TPSA) is 400 Å². The molecule has 0 radical (unpaired) electrons. The van der Waals surface area contributed by atoms with Crippen LogP contribution in [0.15, 0.2) is 0 Å². The van der Waals surface area contributed by atoms with Gasteiger partial charge in [0, 0.05) is 77.6 Å². The van der Waals surface area contributed by atoms with Gasteiger partial charge < -0.3 is 56.9 Å². The lowest BCUT2D eigenvalue weighted by Gasteiger charge is -2.44. The smallest absolute Gasteiger partial charge is 0.480 e. The fourth-order valence-corrected chi connectivity index (χ4v) is 10.9. The number of methoxy groups -OCH3 is 3. The number of fused-ring (bicyclic) bond motifs is 1. The van der Waals surface area contributed by atoms with Crippen molar-refractivity contribution >= 4 is 67.8 Å². The molecular weight excluding hydrogens is 1060 g/mol. The van der Waals surface area contributed by atoms with Crippen LogP contribution in [0.1, 0.15) is 105 Å². The van der Waals surface area contributed by atoms with Gasteiger partial charge in [0.05, 0.1) is 45.4 Å². The molecule has 0 bridgehead atoms. The molecule has 7 rings (SSSR count). The molecule has 4 atom stereocenters. The number of carbonyl (C=O) groups excluding carboxylic acids is 6. The van der Waals surface area contributed by atoms with Gasteiger partial charge in [-0.05, 0) is 25.7 Å². The van der Waals surface area contributed by atoms with E-state index in [-0.39, 0.29) is 80.5 Å². The van der Waals surface area contributed by atoms with Crippen molar-refractivity contribution in [3.05, 3.63) is 0 Å². The molecule has 7 aliphatic rings. The van der Waals surface area contributed by atoms with Gasteiger partial charge in [0.1, 0.15) is 46.2 Å². The second-order valence-corrected chi connectivity index (χ2v) is 22.3. The van der Waals surface area contributed by atoms with Crippen molar-refractivity contribution in [2.24, 2.45) is 16.9 Å². The average Bonchev–Trinajstić information content (AvgIpc) is 3.39. The Kier molecular flexibility index (Phi) is 21.4. The molecule has 3 amide bonds. The normalized spacial score (nSPS) is 35.2. The van der Waals surface area contributed by atoms with Crippen LogP contribution in [0.4, 0.5) is 26.3 Å². The second kappa shape index (κ2) is 24.4. The molecule has 1 aliphatic heterocycles. The van der Waals surface area contributed by atoms with E-state index in [4.69, 9.17) is 31.0 Å². The Morgan fingerprint density at radius 2 is 1.05 bits per heavy atom. The van der Waals surface area contributed by atoms with E-state index in [9.17, 15) is 81.5 Å². The monoisotopic (exact) mass is 1120 g/mol. The molecule has 0 spiro atoms. The molecule has 25 nitrogen and oxygen atoms in total. The number of nitrogens with one attached hydrogen (secondary N) is 3. The van der Waals surface area contributed by atoms with Crippen LogP contribution in [0.2, 0.25) is 0 Å². The summed E-state index contributed by atoms with van der Waals surface area (Å²) in [5, 5.41) is 32.8. The minimum atomic E-state index is -5.73. The summed E-state index contributed by atoms with van der Waals surface area (Å²) in [6.07, 6.45) is -3.24. The van der Waals surface area contributed by atoms with Crippen LogP contribution >= 0.6 is 0 Å². The Balaban J connectivity index is 0.000000311. The molecule has 0 aromatic carbocycles. The highest BCUT2D eigenvalue weighted by molar-refractivity contribution is 7.87. The molecule has 7 fully saturated rings. The number of alkyl halides is 6. The van der Waals surface area contributed by atoms with Gasteiger partial charge in [-0.1, -0.05) is 6.92 Å². The first kappa shape index (κ1) is 65.2. The highest BCUT2D eigenvalue weighted by atomic mass is 32.2.